The first-order valence-corrected chi connectivity index (χ1v) is 13.6. The van der Waals surface area contributed by atoms with Crippen LogP contribution < -0.4 is 0 Å². The van der Waals surface area contributed by atoms with Crippen molar-refractivity contribution in [2.75, 3.05) is 13.2 Å². The summed E-state index contributed by atoms with van der Waals surface area (Å²) in [6.45, 7) is 2.81. The second-order valence-corrected chi connectivity index (χ2v) is 12.5. The zero-order chi connectivity index (χ0) is 28.8. The van der Waals surface area contributed by atoms with Gasteiger partial charge in [0, 0.05) is 48.6 Å². The number of nitriles is 1. The molecule has 1 aromatic carbocycles. The van der Waals surface area contributed by atoms with Crippen LogP contribution in [0.3, 0.4) is 0 Å². The smallest absolute Gasteiger partial charge is 0.192 e. The normalized spacial score (nSPS) is 42.2. The molecule has 0 amide bonds. The lowest BCUT2D eigenvalue weighted by atomic mass is 9.45. The summed E-state index contributed by atoms with van der Waals surface area (Å²) in [4.78, 5) is 32.0. The van der Waals surface area contributed by atoms with Crippen LogP contribution in [0.2, 0.25) is 0 Å². The summed E-state index contributed by atoms with van der Waals surface area (Å²) >= 11 is 0. The average molecular weight is 557 g/mol. The number of hydrogen-bond donors (Lipinski definition) is 2. The standard InChI is InChI=1S/C30H31F3N2O5/c1-27-6-5-19(37)9-22(27)24(32)10-21-20-8-18-14-35(13-16-3-4-23(31)17(7-16)12-34)40-30(18,26(39)15-36)28(20,2)11-25(38)29(21,27)33/h3-7,18,20-21,25,36,38H,8-11,13-15H2,1-2H3/t18-,20-,21-,25-,27-,28-,29-,30-/m0/s1. The molecule has 1 aliphatic heterocycles. The first-order valence-electron chi connectivity index (χ1n) is 13.6. The molecule has 0 spiro atoms. The van der Waals surface area contributed by atoms with Crippen molar-refractivity contribution in [2.45, 2.75) is 63.4 Å². The number of allylic oxidation sites excluding steroid dienone is 4. The molecule has 2 N–H and O–H groups in total. The number of rotatable bonds is 4. The zero-order valence-corrected chi connectivity index (χ0v) is 22.3. The number of halogens is 3. The van der Waals surface area contributed by atoms with Crippen molar-refractivity contribution in [2.24, 2.45) is 28.6 Å². The number of hydrogen-bond acceptors (Lipinski definition) is 7. The number of aliphatic hydroxyl groups excluding tert-OH is 2. The minimum absolute atomic E-state index is 0.0687. The Bertz CT molecular complexity index is 1420. The first kappa shape index (κ1) is 27.3. The third-order valence-corrected chi connectivity index (χ3v) is 10.8. The molecule has 8 atom stereocenters. The number of nitrogens with zero attached hydrogens (tertiary/aromatic N) is 2. The highest BCUT2D eigenvalue weighted by molar-refractivity contribution is 5.94. The monoisotopic (exact) mass is 556 g/mol. The van der Waals surface area contributed by atoms with Crippen LogP contribution in [0.15, 0.2) is 41.8 Å². The Morgan fingerprint density at radius 2 is 2.02 bits per heavy atom. The third kappa shape index (κ3) is 3.26. The molecule has 0 bridgehead atoms. The zero-order valence-electron chi connectivity index (χ0n) is 22.3. The molecule has 7 nitrogen and oxygen atoms in total. The molecule has 3 fully saturated rings. The van der Waals surface area contributed by atoms with Crippen LogP contribution in [-0.2, 0) is 21.0 Å². The predicted molar refractivity (Wildman–Crippen MR) is 135 cm³/mol. The van der Waals surface area contributed by atoms with Gasteiger partial charge in [-0.15, -0.1) is 0 Å². The van der Waals surface area contributed by atoms with Crippen molar-refractivity contribution in [1.29, 1.82) is 5.26 Å². The molecule has 0 unspecified atom stereocenters. The van der Waals surface area contributed by atoms with E-state index in [2.05, 4.69) is 0 Å². The summed E-state index contributed by atoms with van der Waals surface area (Å²) in [5.41, 5.74) is -6.01. The molecule has 1 heterocycles. The molecule has 4 aliphatic carbocycles. The number of fused-ring (bicyclic) bond motifs is 7. The minimum Gasteiger partial charge on any atom is -0.390 e. The van der Waals surface area contributed by atoms with E-state index in [1.165, 1.54) is 42.3 Å². The first-order chi connectivity index (χ1) is 18.9. The number of alkyl halides is 1. The van der Waals surface area contributed by atoms with Crippen LogP contribution in [0.1, 0.15) is 50.7 Å². The summed E-state index contributed by atoms with van der Waals surface area (Å²) in [6, 6.07) is 5.90. The summed E-state index contributed by atoms with van der Waals surface area (Å²) in [5, 5.41) is 32.3. The van der Waals surface area contributed by atoms with E-state index >= 15 is 8.78 Å². The van der Waals surface area contributed by atoms with E-state index in [-0.39, 0.29) is 49.3 Å². The number of ketones is 2. The molecule has 1 aromatic rings. The van der Waals surface area contributed by atoms with Gasteiger partial charge in [-0.2, -0.15) is 10.3 Å². The molecule has 0 aromatic heterocycles. The molecule has 6 rings (SSSR count). The highest BCUT2D eigenvalue weighted by Gasteiger charge is 2.79. The van der Waals surface area contributed by atoms with Crippen molar-refractivity contribution in [3.05, 3.63) is 58.7 Å². The van der Waals surface area contributed by atoms with Crippen LogP contribution in [-0.4, -0.2) is 57.4 Å². The maximum Gasteiger partial charge on any atom is 0.192 e. The lowest BCUT2D eigenvalue weighted by molar-refractivity contribution is -0.267. The second kappa shape index (κ2) is 8.83. The molecule has 0 radical (unpaired) electrons. The molecular formula is C30H31F3N2O5. The molecule has 212 valence electrons. The number of Topliss-reactive ketones (excluding diaryl/α,β-unsaturated/α-hetero) is 1. The van der Waals surface area contributed by atoms with Crippen LogP contribution in [0.4, 0.5) is 13.2 Å². The van der Waals surface area contributed by atoms with Gasteiger partial charge in [0.15, 0.2) is 22.8 Å². The van der Waals surface area contributed by atoms with Gasteiger partial charge in [0.05, 0.1) is 11.7 Å². The fourth-order valence-electron chi connectivity index (χ4n) is 8.97. The van der Waals surface area contributed by atoms with Crippen LogP contribution >= 0.6 is 0 Å². The molecule has 10 heteroatoms. The van der Waals surface area contributed by atoms with Crippen LogP contribution in [0, 0.1) is 45.7 Å². The maximum absolute atomic E-state index is 17.4. The molecule has 1 saturated heterocycles. The number of aliphatic hydroxyl groups is 2. The van der Waals surface area contributed by atoms with Gasteiger partial charge in [0.1, 0.15) is 24.3 Å². The predicted octanol–water partition coefficient (Wildman–Crippen LogP) is 3.64. The van der Waals surface area contributed by atoms with E-state index in [4.69, 9.17) is 4.84 Å². The fourth-order valence-corrected chi connectivity index (χ4v) is 8.97. The van der Waals surface area contributed by atoms with E-state index < -0.39 is 70.0 Å². The van der Waals surface area contributed by atoms with Crippen molar-refractivity contribution >= 4 is 11.6 Å². The van der Waals surface area contributed by atoms with Gasteiger partial charge in [-0.3, -0.25) is 14.4 Å². The number of carbonyl (C=O) groups excluding carboxylic acids is 2. The van der Waals surface area contributed by atoms with Gasteiger partial charge in [0.2, 0.25) is 0 Å². The van der Waals surface area contributed by atoms with Gasteiger partial charge in [0.25, 0.3) is 0 Å². The Labute approximate surface area is 229 Å². The van der Waals surface area contributed by atoms with Gasteiger partial charge in [-0.05, 0) is 55.0 Å². The Morgan fingerprint density at radius 1 is 1.27 bits per heavy atom. The largest absolute Gasteiger partial charge is 0.390 e. The van der Waals surface area contributed by atoms with E-state index in [1.54, 1.807) is 13.0 Å². The van der Waals surface area contributed by atoms with Crippen LogP contribution in [0.5, 0.6) is 0 Å². The van der Waals surface area contributed by atoms with Crippen molar-refractivity contribution in [3.63, 3.8) is 0 Å². The van der Waals surface area contributed by atoms with Crippen LogP contribution in [0.25, 0.3) is 0 Å². The van der Waals surface area contributed by atoms with Gasteiger partial charge in [-0.25, -0.2) is 13.2 Å². The summed E-state index contributed by atoms with van der Waals surface area (Å²) in [7, 11) is 0. The lowest BCUT2D eigenvalue weighted by Gasteiger charge is -2.62. The molecule has 40 heavy (non-hydrogen) atoms. The van der Waals surface area contributed by atoms with Gasteiger partial charge >= 0.3 is 0 Å². The summed E-state index contributed by atoms with van der Waals surface area (Å²) in [5.74, 6) is -4.16. The summed E-state index contributed by atoms with van der Waals surface area (Å²) < 4.78 is 46.9. The van der Waals surface area contributed by atoms with Gasteiger partial charge < -0.3 is 10.2 Å². The Morgan fingerprint density at radius 3 is 2.73 bits per heavy atom. The number of hydroxylamine groups is 2. The SMILES string of the molecule is C[C@]12C=CC(=O)CC1=C(F)C[C@H]1[C@@H]3C[C@H]4CN(Cc5ccc(F)c(C#N)c5)O[C@@]4(C(=O)CO)[C@@]3(C)C[C@H](O)[C@@]12F. The summed E-state index contributed by atoms with van der Waals surface area (Å²) in [6.07, 6.45) is 0.641. The maximum atomic E-state index is 17.4. The number of benzene rings is 1. The van der Waals surface area contributed by atoms with E-state index in [9.17, 15) is 29.5 Å². The van der Waals surface area contributed by atoms with Crippen molar-refractivity contribution in [3.8, 4) is 6.07 Å². The third-order valence-electron chi connectivity index (χ3n) is 10.8. The highest BCUT2D eigenvalue weighted by Crippen LogP contribution is 2.72. The van der Waals surface area contributed by atoms with E-state index in [1.807, 2.05) is 0 Å². The van der Waals surface area contributed by atoms with E-state index in [0.717, 1.165) is 0 Å². The second-order valence-electron chi connectivity index (χ2n) is 12.5. The van der Waals surface area contributed by atoms with Crippen molar-refractivity contribution < 1.29 is 37.8 Å². The molecule has 5 aliphatic rings. The topological polar surface area (TPSA) is 111 Å². The number of carbonyl (C=O) groups is 2. The molecule has 2 saturated carbocycles. The lowest BCUT2D eigenvalue weighted by Crippen LogP contribution is -2.69. The Balaban J connectivity index is 1.39. The Hall–Kier alpha value is -2.84. The van der Waals surface area contributed by atoms with E-state index in [0.29, 0.717) is 12.0 Å². The van der Waals surface area contributed by atoms with Gasteiger partial charge in [-0.1, -0.05) is 19.1 Å². The van der Waals surface area contributed by atoms with Crippen molar-refractivity contribution in [1.82, 2.24) is 5.06 Å². The minimum atomic E-state index is -2.27. The average Bonchev–Trinajstić information content (AvgIpc) is 3.39. The molecular weight excluding hydrogens is 525 g/mol. The fraction of sp³-hybridized carbons (Fsp3) is 0.567. The Kier molecular flexibility index (Phi) is 6.03. The highest BCUT2D eigenvalue weighted by atomic mass is 19.1. The quantitative estimate of drug-likeness (QED) is 0.583.